The minimum atomic E-state index is -0.621. The van der Waals surface area contributed by atoms with Crippen LogP contribution in [0.1, 0.15) is 31.7 Å². The van der Waals surface area contributed by atoms with Crippen LogP contribution in [0, 0.1) is 12.8 Å². The first kappa shape index (κ1) is 12.9. The van der Waals surface area contributed by atoms with Crippen molar-refractivity contribution in [1.82, 2.24) is 0 Å². The van der Waals surface area contributed by atoms with Crippen LogP contribution in [0.2, 0.25) is 0 Å². The van der Waals surface area contributed by atoms with Crippen molar-refractivity contribution in [1.29, 1.82) is 0 Å². The number of nitrogens with one attached hydrogen (secondary N) is 1. The van der Waals surface area contributed by atoms with Gasteiger partial charge in [0, 0.05) is 5.69 Å². The summed E-state index contributed by atoms with van der Waals surface area (Å²) in [5, 5.41) is 3.34. The van der Waals surface area contributed by atoms with Gasteiger partial charge in [-0.25, -0.2) is 4.79 Å². The van der Waals surface area contributed by atoms with Crippen molar-refractivity contribution in [3.05, 3.63) is 29.8 Å². The fourth-order valence-electron chi connectivity index (χ4n) is 2.35. The summed E-state index contributed by atoms with van der Waals surface area (Å²) >= 11 is 0. The van der Waals surface area contributed by atoms with Gasteiger partial charge in [0.05, 0.1) is 7.11 Å². The van der Waals surface area contributed by atoms with Crippen molar-refractivity contribution in [3.63, 3.8) is 0 Å². The Bertz CT molecular complexity index is 440. The number of carbonyl (C=O) groups excluding carboxylic acids is 1. The number of carbonyl (C=O) groups is 1. The molecule has 98 valence electrons. The third-order valence-corrected chi connectivity index (χ3v) is 3.47. The van der Waals surface area contributed by atoms with Gasteiger partial charge in [0.1, 0.15) is 5.54 Å². The lowest BCUT2D eigenvalue weighted by Crippen LogP contribution is -2.44. The van der Waals surface area contributed by atoms with E-state index < -0.39 is 5.54 Å². The van der Waals surface area contributed by atoms with Gasteiger partial charge < -0.3 is 10.1 Å². The van der Waals surface area contributed by atoms with Crippen molar-refractivity contribution in [2.75, 3.05) is 12.4 Å². The van der Waals surface area contributed by atoms with Crippen LogP contribution in [0.3, 0.4) is 0 Å². The Kier molecular flexibility index (Phi) is 3.60. The summed E-state index contributed by atoms with van der Waals surface area (Å²) in [5.41, 5.74) is 1.53. The smallest absolute Gasteiger partial charge is 0.331 e. The molecule has 1 atom stereocenters. The average Bonchev–Trinajstić information content (AvgIpc) is 3.11. The van der Waals surface area contributed by atoms with Gasteiger partial charge in [0.2, 0.25) is 0 Å². The Balaban J connectivity index is 2.15. The Morgan fingerprint density at radius 2 is 2.22 bits per heavy atom. The number of methoxy groups -OCH3 is 1. The molecule has 0 saturated heterocycles. The first-order valence-corrected chi connectivity index (χ1v) is 6.47. The van der Waals surface area contributed by atoms with Crippen molar-refractivity contribution in [3.8, 4) is 0 Å². The van der Waals surface area contributed by atoms with E-state index in [0.29, 0.717) is 5.92 Å². The molecule has 1 N–H and O–H groups in total. The van der Waals surface area contributed by atoms with E-state index in [-0.39, 0.29) is 5.97 Å². The highest BCUT2D eigenvalue weighted by Gasteiger charge is 2.40. The number of benzene rings is 1. The van der Waals surface area contributed by atoms with Gasteiger partial charge in [-0.3, -0.25) is 0 Å². The van der Waals surface area contributed by atoms with Gasteiger partial charge in [-0.05, 0) is 43.9 Å². The SMILES string of the molecule is COC(=O)C(C)(CC1CC1)Nc1cccc(C)c1. The molecule has 18 heavy (non-hydrogen) atoms. The molecule has 0 aromatic heterocycles. The number of anilines is 1. The van der Waals surface area contributed by atoms with Crippen LogP contribution in [0.15, 0.2) is 24.3 Å². The van der Waals surface area contributed by atoms with Gasteiger partial charge in [0.25, 0.3) is 0 Å². The van der Waals surface area contributed by atoms with E-state index in [4.69, 9.17) is 4.74 Å². The molecule has 0 heterocycles. The monoisotopic (exact) mass is 247 g/mol. The molecule has 1 fully saturated rings. The number of aryl methyl sites for hydroxylation is 1. The van der Waals surface area contributed by atoms with E-state index in [9.17, 15) is 4.79 Å². The predicted molar refractivity (Wildman–Crippen MR) is 72.6 cm³/mol. The molecule has 1 aliphatic rings. The highest BCUT2D eigenvalue weighted by molar-refractivity contribution is 5.84. The van der Waals surface area contributed by atoms with Crippen LogP contribution in [0.5, 0.6) is 0 Å². The maximum absolute atomic E-state index is 12.0. The van der Waals surface area contributed by atoms with Crippen LogP contribution in [0.25, 0.3) is 0 Å². The molecule has 1 unspecified atom stereocenters. The van der Waals surface area contributed by atoms with Crippen molar-refractivity contribution in [2.45, 2.75) is 38.6 Å². The zero-order valence-corrected chi connectivity index (χ0v) is 11.3. The lowest BCUT2D eigenvalue weighted by Gasteiger charge is -2.29. The van der Waals surface area contributed by atoms with Gasteiger partial charge >= 0.3 is 5.97 Å². The normalized spacial score (nSPS) is 17.9. The van der Waals surface area contributed by atoms with Crippen LogP contribution in [0.4, 0.5) is 5.69 Å². The second-order valence-corrected chi connectivity index (χ2v) is 5.47. The van der Waals surface area contributed by atoms with Crippen LogP contribution < -0.4 is 5.32 Å². The van der Waals surface area contributed by atoms with Gasteiger partial charge in [-0.15, -0.1) is 0 Å². The number of hydrogen-bond donors (Lipinski definition) is 1. The third-order valence-electron chi connectivity index (χ3n) is 3.47. The maximum Gasteiger partial charge on any atom is 0.331 e. The summed E-state index contributed by atoms with van der Waals surface area (Å²) < 4.78 is 4.95. The molecule has 1 aromatic carbocycles. The Morgan fingerprint density at radius 1 is 1.50 bits per heavy atom. The quantitative estimate of drug-likeness (QED) is 0.812. The van der Waals surface area contributed by atoms with Crippen molar-refractivity contribution >= 4 is 11.7 Å². The standard InChI is InChI=1S/C15H21NO2/c1-11-5-4-6-13(9-11)16-15(2,14(17)18-3)10-12-7-8-12/h4-6,9,12,16H,7-8,10H2,1-3H3. The number of esters is 1. The number of ether oxygens (including phenoxy) is 1. The van der Waals surface area contributed by atoms with Crippen LogP contribution in [-0.2, 0) is 9.53 Å². The van der Waals surface area contributed by atoms with E-state index in [1.165, 1.54) is 25.5 Å². The van der Waals surface area contributed by atoms with Gasteiger partial charge in [0.15, 0.2) is 0 Å². The molecule has 1 saturated carbocycles. The lowest BCUT2D eigenvalue weighted by molar-refractivity contribution is -0.145. The summed E-state index contributed by atoms with van der Waals surface area (Å²) in [6.45, 7) is 3.97. The Labute approximate surface area is 109 Å². The summed E-state index contributed by atoms with van der Waals surface area (Å²) in [7, 11) is 1.45. The molecule has 3 heteroatoms. The first-order chi connectivity index (χ1) is 8.53. The Hall–Kier alpha value is -1.51. The molecule has 0 amide bonds. The molecule has 0 radical (unpaired) electrons. The zero-order valence-electron chi connectivity index (χ0n) is 11.3. The van der Waals surface area contributed by atoms with E-state index in [0.717, 1.165) is 12.1 Å². The minimum Gasteiger partial charge on any atom is -0.467 e. The minimum absolute atomic E-state index is 0.184. The molecule has 0 aliphatic heterocycles. The molecule has 0 spiro atoms. The van der Waals surface area contributed by atoms with E-state index in [2.05, 4.69) is 5.32 Å². The second-order valence-electron chi connectivity index (χ2n) is 5.47. The summed E-state index contributed by atoms with van der Waals surface area (Å²) in [6, 6.07) is 8.07. The fourth-order valence-corrected chi connectivity index (χ4v) is 2.35. The molecule has 0 bridgehead atoms. The van der Waals surface area contributed by atoms with Crippen molar-refractivity contribution < 1.29 is 9.53 Å². The molecule has 1 aliphatic carbocycles. The number of rotatable bonds is 5. The van der Waals surface area contributed by atoms with E-state index >= 15 is 0 Å². The highest BCUT2D eigenvalue weighted by Crippen LogP contribution is 2.38. The number of hydrogen-bond acceptors (Lipinski definition) is 3. The molecular weight excluding hydrogens is 226 g/mol. The molecule has 1 aromatic rings. The summed E-state index contributed by atoms with van der Waals surface area (Å²) in [6.07, 6.45) is 3.29. The molecular formula is C15H21NO2. The largest absolute Gasteiger partial charge is 0.467 e. The van der Waals surface area contributed by atoms with E-state index in [1.807, 2.05) is 38.1 Å². The molecule has 2 rings (SSSR count). The van der Waals surface area contributed by atoms with Gasteiger partial charge in [-0.2, -0.15) is 0 Å². The molecule has 3 nitrogen and oxygen atoms in total. The second kappa shape index (κ2) is 5.01. The summed E-state index contributed by atoms with van der Waals surface area (Å²) in [4.78, 5) is 12.0. The maximum atomic E-state index is 12.0. The van der Waals surface area contributed by atoms with Gasteiger partial charge in [-0.1, -0.05) is 25.0 Å². The van der Waals surface area contributed by atoms with Crippen LogP contribution in [-0.4, -0.2) is 18.6 Å². The third kappa shape index (κ3) is 3.03. The zero-order chi connectivity index (χ0) is 13.2. The Morgan fingerprint density at radius 3 is 2.78 bits per heavy atom. The van der Waals surface area contributed by atoms with E-state index in [1.54, 1.807) is 0 Å². The van der Waals surface area contributed by atoms with Crippen LogP contribution >= 0.6 is 0 Å². The average molecular weight is 247 g/mol. The fraction of sp³-hybridized carbons (Fsp3) is 0.533. The first-order valence-electron chi connectivity index (χ1n) is 6.47. The highest BCUT2D eigenvalue weighted by atomic mass is 16.5. The predicted octanol–water partition coefficient (Wildman–Crippen LogP) is 3.14. The topological polar surface area (TPSA) is 38.3 Å². The lowest BCUT2D eigenvalue weighted by atomic mass is 9.94. The van der Waals surface area contributed by atoms with Crippen molar-refractivity contribution in [2.24, 2.45) is 5.92 Å². The summed E-state index contributed by atoms with van der Waals surface area (Å²) in [5.74, 6) is 0.474.